The normalized spacial score (nSPS) is 11.6. The number of aromatic nitrogens is 2. The van der Waals surface area contributed by atoms with Gasteiger partial charge in [-0.25, -0.2) is 17.6 Å². The van der Waals surface area contributed by atoms with Gasteiger partial charge in [0.1, 0.15) is 22.2 Å². The lowest BCUT2D eigenvalue weighted by molar-refractivity contribution is -0.673. The number of rotatable bonds is 6. The molecule has 0 aliphatic heterocycles. The summed E-state index contributed by atoms with van der Waals surface area (Å²) in [5.74, 6) is -0.319. The summed E-state index contributed by atoms with van der Waals surface area (Å²) in [5, 5.41) is 0. The quantitative estimate of drug-likeness (QED) is 0.495. The van der Waals surface area contributed by atoms with Gasteiger partial charge in [-0.15, -0.1) is 0 Å². The van der Waals surface area contributed by atoms with Crippen LogP contribution in [-0.4, -0.2) is 37.5 Å². The van der Waals surface area contributed by atoms with Crippen LogP contribution in [0.5, 0.6) is 0 Å². The molecule has 0 saturated carbocycles. The molecule has 7 nitrogen and oxygen atoms in total. The fourth-order valence-corrected chi connectivity index (χ4v) is 1.74. The summed E-state index contributed by atoms with van der Waals surface area (Å²) in [5.41, 5.74) is 5.20. The molecule has 0 aliphatic carbocycles. The molecule has 96 valence electrons. The van der Waals surface area contributed by atoms with Crippen LogP contribution < -0.4 is 10.3 Å². The molecule has 8 heteroatoms. The Balaban J connectivity index is 2.56. The zero-order valence-corrected chi connectivity index (χ0v) is 10.6. The monoisotopic (exact) mass is 262 g/mol. The Labute approximate surface area is 99.7 Å². The molecule has 1 aromatic rings. The molecule has 17 heavy (non-hydrogen) atoms. The van der Waals surface area contributed by atoms with E-state index in [4.69, 9.17) is 10.5 Å². The number of carbonyl (C=O) groups excluding carboxylic acids is 1. The van der Waals surface area contributed by atoms with Crippen LogP contribution in [0.4, 0.5) is 0 Å². The van der Waals surface area contributed by atoms with Gasteiger partial charge in [0, 0.05) is 6.26 Å². The fourth-order valence-electron chi connectivity index (χ4n) is 1.32. The first-order valence-electron chi connectivity index (χ1n) is 4.91. The van der Waals surface area contributed by atoms with Crippen LogP contribution in [0.25, 0.3) is 0 Å². The zero-order chi connectivity index (χ0) is 13.1. The molecule has 1 aromatic heterocycles. The van der Waals surface area contributed by atoms with Gasteiger partial charge in [-0.1, -0.05) is 0 Å². The van der Waals surface area contributed by atoms with Crippen molar-refractivity contribution in [3.63, 3.8) is 0 Å². The maximum Gasteiger partial charge on any atom is 0.349 e. The third kappa shape index (κ3) is 4.16. The summed E-state index contributed by atoms with van der Waals surface area (Å²) in [6, 6.07) is 0. The number of carbonyl (C=O) groups is 1. The topological polar surface area (TPSA) is 95.3 Å². The Morgan fingerprint density at radius 1 is 1.59 bits per heavy atom. The summed E-state index contributed by atoms with van der Waals surface area (Å²) < 4.78 is 30.0. The van der Waals surface area contributed by atoms with E-state index >= 15 is 0 Å². The van der Waals surface area contributed by atoms with Gasteiger partial charge in [-0.3, -0.25) is 4.79 Å². The first kappa shape index (κ1) is 13.7. The van der Waals surface area contributed by atoms with Crippen molar-refractivity contribution in [3.05, 3.63) is 18.2 Å². The maximum atomic E-state index is 11.1. The van der Waals surface area contributed by atoms with Crippen molar-refractivity contribution >= 4 is 15.7 Å². The van der Waals surface area contributed by atoms with Crippen LogP contribution in [0.3, 0.4) is 0 Å². The van der Waals surface area contributed by atoms with E-state index in [1.165, 1.54) is 4.57 Å². The van der Waals surface area contributed by atoms with E-state index in [1.54, 1.807) is 24.0 Å². The number of imidazole rings is 1. The molecular weight excluding hydrogens is 246 g/mol. The minimum absolute atomic E-state index is 0.0493. The number of primary amides is 1. The second-order valence-electron chi connectivity index (χ2n) is 3.73. The lowest BCUT2D eigenvalue weighted by Gasteiger charge is -2.02. The summed E-state index contributed by atoms with van der Waals surface area (Å²) >= 11 is 0. The SMILES string of the molecule is C[n+]1ccn(COCCS(C)(=O)=O)c1C(N)=O. The number of sulfone groups is 1. The lowest BCUT2D eigenvalue weighted by Crippen LogP contribution is -2.38. The molecule has 0 bridgehead atoms. The number of hydrogen-bond donors (Lipinski definition) is 1. The van der Waals surface area contributed by atoms with Crippen LogP contribution in [-0.2, 0) is 28.4 Å². The van der Waals surface area contributed by atoms with Gasteiger partial charge >= 0.3 is 11.7 Å². The molecule has 0 aliphatic rings. The highest BCUT2D eigenvalue weighted by Crippen LogP contribution is 1.95. The Kier molecular flexibility index (Phi) is 4.24. The van der Waals surface area contributed by atoms with E-state index in [0.29, 0.717) is 5.82 Å². The van der Waals surface area contributed by atoms with Crippen molar-refractivity contribution < 1.29 is 22.5 Å². The van der Waals surface area contributed by atoms with Crippen molar-refractivity contribution in [1.82, 2.24) is 4.57 Å². The van der Waals surface area contributed by atoms with Gasteiger partial charge in [-0.2, -0.15) is 0 Å². The standard InChI is InChI=1S/C9H15N3O4S/c1-11-3-4-12(9(11)8(10)13)7-16-5-6-17(2,14)15/h3-4H,5-7H2,1-2H3,(H-,10,13)/p+1. The zero-order valence-electron chi connectivity index (χ0n) is 9.79. The van der Waals surface area contributed by atoms with E-state index in [2.05, 4.69) is 0 Å². The van der Waals surface area contributed by atoms with Crippen LogP contribution in [0.1, 0.15) is 10.6 Å². The number of hydrogen-bond acceptors (Lipinski definition) is 4. The van der Waals surface area contributed by atoms with Gasteiger partial charge in [0.2, 0.25) is 0 Å². The average molecular weight is 262 g/mol. The van der Waals surface area contributed by atoms with Crippen LogP contribution >= 0.6 is 0 Å². The molecule has 0 radical (unpaired) electrons. The molecule has 0 spiro atoms. The first-order valence-corrected chi connectivity index (χ1v) is 6.97. The molecule has 2 N–H and O–H groups in total. The fraction of sp³-hybridized carbons (Fsp3) is 0.556. The van der Waals surface area contributed by atoms with Crippen molar-refractivity contribution in [2.24, 2.45) is 12.8 Å². The summed E-state index contributed by atoms with van der Waals surface area (Å²) in [6.07, 6.45) is 4.45. The van der Waals surface area contributed by atoms with Crippen LogP contribution in [0.15, 0.2) is 12.4 Å². The Hall–Kier alpha value is -1.41. The smallest absolute Gasteiger partial charge is 0.349 e. The van der Waals surface area contributed by atoms with Gasteiger partial charge in [0.05, 0.1) is 19.4 Å². The molecule has 1 amide bonds. The van der Waals surface area contributed by atoms with Gasteiger partial charge in [0.15, 0.2) is 6.73 Å². The molecule has 0 atom stereocenters. The Bertz CT molecular complexity index is 506. The number of ether oxygens (including phenoxy) is 1. The predicted octanol–water partition coefficient (Wildman–Crippen LogP) is -1.57. The highest BCUT2D eigenvalue weighted by molar-refractivity contribution is 7.90. The Morgan fingerprint density at radius 3 is 2.76 bits per heavy atom. The van der Waals surface area contributed by atoms with Crippen molar-refractivity contribution in [2.45, 2.75) is 6.73 Å². The minimum atomic E-state index is -3.03. The first-order chi connectivity index (χ1) is 7.81. The molecule has 0 unspecified atom stereocenters. The molecule has 1 heterocycles. The Morgan fingerprint density at radius 2 is 2.24 bits per heavy atom. The average Bonchev–Trinajstić information content (AvgIpc) is 2.53. The summed E-state index contributed by atoms with van der Waals surface area (Å²) in [7, 11) is -1.34. The molecule has 0 aromatic carbocycles. The van der Waals surface area contributed by atoms with E-state index in [-0.39, 0.29) is 19.1 Å². The van der Waals surface area contributed by atoms with E-state index < -0.39 is 15.7 Å². The second kappa shape index (κ2) is 5.28. The van der Waals surface area contributed by atoms with E-state index in [1.807, 2.05) is 0 Å². The number of aryl methyl sites for hydroxylation is 1. The third-order valence-corrected chi connectivity index (χ3v) is 3.03. The van der Waals surface area contributed by atoms with Crippen molar-refractivity contribution in [1.29, 1.82) is 0 Å². The largest absolute Gasteiger partial charge is 0.359 e. The number of nitrogens with two attached hydrogens (primary N) is 1. The molecule has 0 saturated heterocycles. The molecule has 0 fully saturated rings. The number of amides is 1. The summed E-state index contributed by atoms with van der Waals surface area (Å²) in [6.45, 7) is 0.174. The van der Waals surface area contributed by atoms with E-state index in [9.17, 15) is 13.2 Å². The molecule has 1 rings (SSSR count). The molecular formula is C9H16N3O4S+. The highest BCUT2D eigenvalue weighted by Gasteiger charge is 2.20. The highest BCUT2D eigenvalue weighted by atomic mass is 32.2. The second-order valence-corrected chi connectivity index (χ2v) is 5.99. The number of nitrogens with zero attached hydrogens (tertiary/aromatic N) is 2. The third-order valence-electron chi connectivity index (χ3n) is 2.13. The minimum Gasteiger partial charge on any atom is -0.359 e. The van der Waals surface area contributed by atoms with Crippen LogP contribution in [0, 0.1) is 0 Å². The van der Waals surface area contributed by atoms with Gasteiger partial charge in [0.25, 0.3) is 0 Å². The van der Waals surface area contributed by atoms with Crippen LogP contribution in [0.2, 0.25) is 0 Å². The van der Waals surface area contributed by atoms with Gasteiger partial charge < -0.3 is 10.5 Å². The van der Waals surface area contributed by atoms with Crippen molar-refractivity contribution in [3.8, 4) is 0 Å². The van der Waals surface area contributed by atoms with Crippen molar-refractivity contribution in [2.75, 3.05) is 18.6 Å². The maximum absolute atomic E-state index is 11.1. The predicted molar refractivity (Wildman–Crippen MR) is 59.8 cm³/mol. The van der Waals surface area contributed by atoms with E-state index in [0.717, 1.165) is 6.26 Å². The summed E-state index contributed by atoms with van der Waals surface area (Å²) in [4.78, 5) is 11.1. The van der Waals surface area contributed by atoms with Gasteiger partial charge in [-0.05, 0) is 0 Å². The lowest BCUT2D eigenvalue weighted by atomic mass is 10.5.